The molecule has 0 aliphatic rings. The van der Waals surface area contributed by atoms with Crippen molar-refractivity contribution in [1.82, 2.24) is 5.32 Å². The third kappa shape index (κ3) is 9.91. The maximum Gasteiger partial charge on any atom is 0.407 e. The average Bonchev–Trinajstić information content (AvgIpc) is 2.52. The molecule has 0 atom stereocenters. The minimum atomic E-state index is -0.517. The van der Waals surface area contributed by atoms with Gasteiger partial charge in [0.1, 0.15) is 5.60 Å². The van der Waals surface area contributed by atoms with Crippen LogP contribution in [-0.4, -0.2) is 30.7 Å². The molecule has 25 heavy (non-hydrogen) atoms. The van der Waals surface area contributed by atoms with Gasteiger partial charge in [0.15, 0.2) is 0 Å². The van der Waals surface area contributed by atoms with Crippen LogP contribution in [0.25, 0.3) is 0 Å². The van der Waals surface area contributed by atoms with Gasteiger partial charge in [0, 0.05) is 18.7 Å². The monoisotopic (exact) mass is 350 g/mol. The molecule has 140 valence electrons. The number of ether oxygens (including phenoxy) is 1. The lowest BCUT2D eigenvalue weighted by Gasteiger charge is -2.19. The Bertz CT molecular complexity index is 592. The van der Waals surface area contributed by atoms with Crippen molar-refractivity contribution in [2.75, 3.05) is 24.1 Å². The Kier molecular flexibility index (Phi) is 9.78. The zero-order valence-corrected chi connectivity index (χ0v) is 15.7. The van der Waals surface area contributed by atoms with Gasteiger partial charge >= 0.3 is 6.09 Å². The highest BCUT2D eigenvalue weighted by Gasteiger charge is 2.14. The summed E-state index contributed by atoms with van der Waals surface area (Å²) in [7, 11) is 0. The van der Waals surface area contributed by atoms with Gasteiger partial charge in [-0.05, 0) is 39.0 Å². The molecule has 1 aromatic rings. The predicted molar refractivity (Wildman–Crippen MR) is 103 cm³/mol. The zero-order valence-electron chi connectivity index (χ0n) is 15.7. The molecule has 0 aliphatic heterocycles. The molecule has 0 bridgehead atoms. The van der Waals surface area contributed by atoms with Crippen LogP contribution in [0.4, 0.5) is 16.2 Å². The van der Waals surface area contributed by atoms with Gasteiger partial charge in [-0.25, -0.2) is 4.79 Å². The fourth-order valence-electron chi connectivity index (χ4n) is 1.67. The molecule has 6 N–H and O–H groups in total. The van der Waals surface area contributed by atoms with Crippen molar-refractivity contribution in [3.05, 3.63) is 35.9 Å². The van der Waals surface area contributed by atoms with Crippen molar-refractivity contribution in [3.63, 3.8) is 0 Å². The summed E-state index contributed by atoms with van der Waals surface area (Å²) in [6.45, 7) is 10.3. The first-order chi connectivity index (χ1) is 11.7. The van der Waals surface area contributed by atoms with Crippen LogP contribution < -0.4 is 22.1 Å². The quantitative estimate of drug-likeness (QED) is 0.464. The van der Waals surface area contributed by atoms with Gasteiger partial charge in [-0.2, -0.15) is 0 Å². The molecule has 7 heteroatoms. The number of rotatable bonds is 6. The van der Waals surface area contributed by atoms with E-state index in [0.717, 1.165) is 0 Å². The number of alkyl carbamates (subject to hydrolysis) is 1. The Labute approximate surface area is 149 Å². The zero-order chi connectivity index (χ0) is 19.5. The molecule has 0 fully saturated rings. The molecule has 0 aromatic heterocycles. The van der Waals surface area contributed by atoms with Crippen molar-refractivity contribution in [2.45, 2.75) is 40.2 Å². The van der Waals surface area contributed by atoms with Crippen LogP contribution >= 0.6 is 0 Å². The van der Waals surface area contributed by atoms with E-state index in [2.05, 4.69) is 10.6 Å². The number of nitrogens with two attached hydrogens (primary N) is 2. The second-order valence-electron chi connectivity index (χ2n) is 5.90. The second-order valence-corrected chi connectivity index (χ2v) is 5.90. The van der Waals surface area contributed by atoms with E-state index >= 15 is 0 Å². The van der Waals surface area contributed by atoms with E-state index in [0.29, 0.717) is 30.0 Å². The molecule has 2 amide bonds. The van der Waals surface area contributed by atoms with Crippen molar-refractivity contribution in [1.29, 1.82) is 0 Å². The third-order valence-corrected chi connectivity index (χ3v) is 2.68. The van der Waals surface area contributed by atoms with Crippen LogP contribution in [-0.2, 0) is 4.74 Å². The van der Waals surface area contributed by atoms with Gasteiger partial charge in [0.25, 0.3) is 0 Å². The van der Waals surface area contributed by atoms with Crippen molar-refractivity contribution in [2.24, 2.45) is 5.73 Å². The maximum absolute atomic E-state index is 11.4. The normalized spacial score (nSPS) is 10.6. The van der Waals surface area contributed by atoms with Gasteiger partial charge in [-0.3, -0.25) is 4.79 Å². The lowest BCUT2D eigenvalue weighted by molar-refractivity contribution is 0.0534. The Morgan fingerprint density at radius 1 is 1.16 bits per heavy atom. The van der Waals surface area contributed by atoms with Crippen molar-refractivity contribution >= 4 is 23.4 Å². The molecule has 0 heterocycles. The highest BCUT2D eigenvalue weighted by atomic mass is 16.6. The maximum atomic E-state index is 11.4. The molecular weight excluding hydrogens is 320 g/mol. The van der Waals surface area contributed by atoms with Crippen LogP contribution in [0.5, 0.6) is 0 Å². The van der Waals surface area contributed by atoms with E-state index in [4.69, 9.17) is 16.2 Å². The van der Waals surface area contributed by atoms with Crippen LogP contribution in [0.1, 0.15) is 45.0 Å². The third-order valence-electron chi connectivity index (χ3n) is 2.68. The fraction of sp³-hybridized carbons (Fsp3) is 0.444. The standard InChI is InChI=1S/C16H24N4O3.C2H6/c1-16(2,3)23-15(22)20-9-5-4-8-19-13-7-6-11(14(18)21)10-12(13)17;1-2/h4-7,10,19H,8-9,17H2,1-3H3,(H2,18,21)(H,20,22);1-2H3/b5-4+;. The Balaban J connectivity index is 0.00000277. The summed E-state index contributed by atoms with van der Waals surface area (Å²) in [5.41, 5.74) is 12.0. The van der Waals surface area contributed by atoms with Crippen LogP contribution in [0, 0.1) is 0 Å². The first-order valence-electron chi connectivity index (χ1n) is 8.24. The number of amides is 2. The van der Waals surface area contributed by atoms with Gasteiger partial charge in [0.05, 0.1) is 11.4 Å². The smallest absolute Gasteiger partial charge is 0.407 e. The number of primary amides is 1. The van der Waals surface area contributed by atoms with Crippen LogP contribution in [0.2, 0.25) is 0 Å². The molecule has 1 rings (SSSR count). The topological polar surface area (TPSA) is 119 Å². The van der Waals surface area contributed by atoms with Crippen molar-refractivity contribution < 1.29 is 14.3 Å². The number of benzene rings is 1. The molecule has 0 saturated carbocycles. The van der Waals surface area contributed by atoms with E-state index in [1.54, 1.807) is 39.0 Å². The predicted octanol–water partition coefficient (Wildman–Crippen LogP) is 2.89. The minimum absolute atomic E-state index is 0.366. The summed E-state index contributed by atoms with van der Waals surface area (Å²) in [4.78, 5) is 22.4. The number of carbonyl (C=O) groups excluding carboxylic acids is 2. The summed E-state index contributed by atoms with van der Waals surface area (Å²) >= 11 is 0. The lowest BCUT2D eigenvalue weighted by atomic mass is 10.1. The number of nitrogen functional groups attached to an aromatic ring is 1. The molecule has 0 aliphatic carbocycles. The van der Waals surface area contributed by atoms with Gasteiger partial charge in [0.2, 0.25) is 5.91 Å². The summed E-state index contributed by atoms with van der Waals surface area (Å²) in [5, 5.41) is 5.71. The molecule has 7 nitrogen and oxygen atoms in total. The van der Waals surface area contributed by atoms with E-state index in [1.807, 2.05) is 19.9 Å². The number of nitrogens with one attached hydrogen (secondary N) is 2. The summed E-state index contributed by atoms with van der Waals surface area (Å²) in [6, 6.07) is 4.83. The fourth-order valence-corrected chi connectivity index (χ4v) is 1.67. The van der Waals surface area contributed by atoms with E-state index in [9.17, 15) is 9.59 Å². The molecule has 0 spiro atoms. The molecule has 0 unspecified atom stereocenters. The largest absolute Gasteiger partial charge is 0.444 e. The first-order valence-corrected chi connectivity index (χ1v) is 8.24. The van der Waals surface area contributed by atoms with Crippen LogP contribution in [0.15, 0.2) is 30.4 Å². The molecule has 0 saturated heterocycles. The van der Waals surface area contributed by atoms with Crippen LogP contribution in [0.3, 0.4) is 0 Å². The lowest BCUT2D eigenvalue weighted by Crippen LogP contribution is -2.32. The Morgan fingerprint density at radius 2 is 1.76 bits per heavy atom. The number of carbonyl (C=O) groups is 2. The van der Waals surface area contributed by atoms with Crippen molar-refractivity contribution in [3.8, 4) is 0 Å². The number of anilines is 2. The molecule has 1 aromatic carbocycles. The first kappa shape index (κ1) is 22.3. The average molecular weight is 350 g/mol. The molecule has 0 radical (unpaired) electrons. The molecular formula is C18H30N4O3. The van der Waals surface area contributed by atoms with E-state index in [-0.39, 0.29) is 0 Å². The highest BCUT2D eigenvalue weighted by molar-refractivity contribution is 5.94. The summed E-state index contributed by atoms with van der Waals surface area (Å²) in [6.07, 6.45) is 3.19. The number of hydrogen-bond donors (Lipinski definition) is 4. The van der Waals surface area contributed by atoms with Gasteiger partial charge < -0.3 is 26.8 Å². The van der Waals surface area contributed by atoms with E-state index < -0.39 is 17.6 Å². The summed E-state index contributed by atoms with van der Waals surface area (Å²) in [5.74, 6) is -0.517. The summed E-state index contributed by atoms with van der Waals surface area (Å²) < 4.78 is 5.11. The van der Waals surface area contributed by atoms with E-state index in [1.165, 1.54) is 6.07 Å². The number of hydrogen-bond acceptors (Lipinski definition) is 5. The minimum Gasteiger partial charge on any atom is -0.444 e. The SMILES string of the molecule is CC.CC(C)(C)OC(=O)NC/C=C/CNc1ccc(C(N)=O)cc1N. The Hall–Kier alpha value is -2.70. The second kappa shape index (κ2) is 11.0. The highest BCUT2D eigenvalue weighted by Crippen LogP contribution is 2.19. The Morgan fingerprint density at radius 3 is 2.28 bits per heavy atom. The van der Waals surface area contributed by atoms with Gasteiger partial charge in [-0.15, -0.1) is 0 Å². The van der Waals surface area contributed by atoms with Gasteiger partial charge in [-0.1, -0.05) is 26.0 Å².